The first-order valence-electron chi connectivity index (χ1n) is 26.0. The van der Waals surface area contributed by atoms with Crippen LogP contribution in [0.4, 0.5) is 0 Å². The van der Waals surface area contributed by atoms with Gasteiger partial charge in [0.2, 0.25) is 5.79 Å². The Morgan fingerprint density at radius 2 is 1.35 bits per heavy atom. The maximum atomic E-state index is 14.9. The lowest BCUT2D eigenvalue weighted by Gasteiger charge is -2.61. The molecule has 12 heteroatoms. The van der Waals surface area contributed by atoms with Crippen LogP contribution in [0.3, 0.4) is 0 Å². The molecule has 12 nitrogen and oxygen atoms in total. The highest BCUT2D eigenvalue weighted by Crippen LogP contribution is 2.72. The van der Waals surface area contributed by atoms with Crippen LogP contribution in [0.25, 0.3) is 0 Å². The van der Waals surface area contributed by atoms with Gasteiger partial charge in [-0.2, -0.15) is 0 Å². The van der Waals surface area contributed by atoms with Crippen molar-refractivity contribution < 1.29 is 49.3 Å². The van der Waals surface area contributed by atoms with Gasteiger partial charge in [0, 0.05) is 36.5 Å². The Kier molecular flexibility index (Phi) is 8.79. The normalized spacial score (nSPS) is 56.8. The van der Waals surface area contributed by atoms with E-state index in [1.807, 2.05) is 27.7 Å². The summed E-state index contributed by atoms with van der Waals surface area (Å²) in [5.41, 5.74) is 2.15. The summed E-state index contributed by atoms with van der Waals surface area (Å²) in [6.07, 6.45) is 11.4. The van der Waals surface area contributed by atoms with Crippen molar-refractivity contribution in [3.63, 3.8) is 0 Å². The molecule has 1 aromatic heterocycles. The first-order valence-corrected chi connectivity index (χ1v) is 26.0. The van der Waals surface area contributed by atoms with Gasteiger partial charge < -0.3 is 44.5 Å². The fourth-order valence-corrected chi connectivity index (χ4v) is 19.3. The average molecular weight is 911 g/mol. The standard InChI is InChI=1S/C54H74N2O10/c1-26-32-13-14-33-30-11-9-28-15-37-40(21-49(28,7)35(30)18-42(59)51(32,33)25-63-53(26)43(60)22-46(3,4)65-53)56-38-16-29-10-12-31-34(48(29,6)20-39(38)55-37)17-41(58)50(8)36(31)19-45-52(50,62)27(2)54(64-45)44(61)23-47(5,24-57)66-54/h14,19,26-32,34-35,41,43-45,57-58,60-62H,9-13,15-18,20-25H2,1-8H3/t26?,27?,28?,29?,30-,31+,32+,34?,35?,41+,43?,44+,45-,47-,48-,49-,50+,51+,52+,53+,54-/m1/s1. The van der Waals surface area contributed by atoms with Gasteiger partial charge in [-0.3, -0.25) is 14.8 Å². The van der Waals surface area contributed by atoms with Crippen LogP contribution in [0, 0.1) is 74.9 Å². The fraction of sp³-hybridized carbons (Fsp3) is 0.833. The monoisotopic (exact) mass is 911 g/mol. The lowest BCUT2D eigenvalue weighted by molar-refractivity contribution is -0.336. The van der Waals surface area contributed by atoms with Crippen LogP contribution in [0.15, 0.2) is 23.3 Å². The van der Waals surface area contributed by atoms with Gasteiger partial charge in [-0.25, -0.2) is 0 Å². The van der Waals surface area contributed by atoms with Crippen molar-refractivity contribution in [2.45, 2.75) is 192 Å². The second kappa shape index (κ2) is 13.2. The van der Waals surface area contributed by atoms with Gasteiger partial charge in [0.15, 0.2) is 5.79 Å². The third-order valence-electron chi connectivity index (χ3n) is 22.9. The highest BCUT2D eigenvalue weighted by molar-refractivity contribution is 5.91. The first-order chi connectivity index (χ1) is 31.0. The summed E-state index contributed by atoms with van der Waals surface area (Å²) < 4.78 is 26.3. The molecule has 5 heterocycles. The van der Waals surface area contributed by atoms with Gasteiger partial charge in [-0.15, -0.1) is 0 Å². The van der Waals surface area contributed by atoms with Crippen LogP contribution >= 0.6 is 0 Å². The molecule has 0 amide bonds. The molecule has 8 fully saturated rings. The van der Waals surface area contributed by atoms with Gasteiger partial charge in [0.25, 0.3) is 0 Å². The van der Waals surface area contributed by atoms with Crippen LogP contribution in [-0.4, -0.2) is 107 Å². The maximum absolute atomic E-state index is 14.9. The van der Waals surface area contributed by atoms with Gasteiger partial charge in [0.1, 0.15) is 29.7 Å². The van der Waals surface area contributed by atoms with Crippen molar-refractivity contribution >= 4 is 5.78 Å². The van der Waals surface area contributed by atoms with Crippen molar-refractivity contribution in [3.8, 4) is 0 Å². The summed E-state index contributed by atoms with van der Waals surface area (Å²) in [6, 6.07) is 0. The van der Waals surface area contributed by atoms with Crippen molar-refractivity contribution in [3.05, 3.63) is 46.1 Å². The number of Topliss-reactive ketones (excluding diaryl/α,β-unsaturated/α-hetero) is 1. The number of fused-ring (bicyclic) bond motifs is 13. The number of carbonyl (C=O) groups excluding carboxylic acids is 1. The number of rotatable bonds is 1. The average Bonchev–Trinajstić information content (AvgIpc) is 3.98. The van der Waals surface area contributed by atoms with Crippen LogP contribution in [-0.2, 0) is 49.4 Å². The Labute approximate surface area is 389 Å². The van der Waals surface area contributed by atoms with E-state index < -0.39 is 69.5 Å². The predicted molar refractivity (Wildman–Crippen MR) is 240 cm³/mol. The van der Waals surface area contributed by atoms with E-state index in [1.54, 1.807) is 6.92 Å². The van der Waals surface area contributed by atoms with E-state index in [-0.39, 0.29) is 53.4 Å². The van der Waals surface area contributed by atoms with Crippen molar-refractivity contribution in [2.24, 2.45) is 74.9 Å². The Morgan fingerprint density at radius 1 is 0.727 bits per heavy atom. The van der Waals surface area contributed by atoms with E-state index in [1.165, 1.54) is 5.57 Å². The summed E-state index contributed by atoms with van der Waals surface area (Å²) in [5, 5.41) is 58.3. The van der Waals surface area contributed by atoms with Crippen LogP contribution in [0.5, 0.6) is 0 Å². The van der Waals surface area contributed by atoms with Gasteiger partial charge in [-0.05, 0) is 137 Å². The summed E-state index contributed by atoms with van der Waals surface area (Å²) in [4.78, 5) is 26.1. The highest BCUT2D eigenvalue weighted by Gasteiger charge is 2.79. The number of ether oxygens (including phenoxy) is 4. The zero-order chi connectivity index (χ0) is 46.3. The number of hydrogen-bond acceptors (Lipinski definition) is 12. The van der Waals surface area contributed by atoms with Crippen molar-refractivity contribution in [1.82, 2.24) is 9.97 Å². The number of allylic oxidation sites excluding steroid dienone is 1. The Balaban J connectivity index is 0.762. The summed E-state index contributed by atoms with van der Waals surface area (Å²) >= 11 is 0. The molecule has 4 saturated heterocycles. The predicted octanol–water partition coefficient (Wildman–Crippen LogP) is 5.50. The minimum absolute atomic E-state index is 0.0632. The van der Waals surface area contributed by atoms with Gasteiger partial charge in [0.05, 0.1) is 58.7 Å². The molecule has 8 aliphatic carbocycles. The topological polar surface area (TPSA) is 181 Å². The van der Waals surface area contributed by atoms with E-state index in [0.717, 1.165) is 86.1 Å². The lowest BCUT2D eigenvalue weighted by Crippen LogP contribution is -2.65. The SMILES string of the molecule is CC1[C@@H]2CC=C3[C@H]4CCC5Cc6nc7c(nc6C[C@@]5(C)C4CC(=O)[C@]32CO[C@]12OC(C)(C)CC2O)CC1CC[C@@H]2C3=C[C@H]4O[C@@]5(O[C@@](C)(CO)C[C@@H]5O)C(C)[C@@]4(O)[C@]3(C)[C@@H](O)CC2[C@]1(C)C7. The molecule has 0 bridgehead atoms. The molecule has 4 saturated carbocycles. The molecule has 360 valence electrons. The number of aliphatic hydroxyl groups excluding tert-OH is 4. The fourth-order valence-electron chi connectivity index (χ4n) is 19.3. The number of nitrogens with zero attached hydrogens (tertiary/aromatic N) is 2. The molecule has 3 spiro atoms. The van der Waals surface area contributed by atoms with Crippen LogP contribution in [0.1, 0.15) is 136 Å². The van der Waals surface area contributed by atoms with Crippen molar-refractivity contribution in [1.29, 1.82) is 0 Å². The zero-order valence-corrected chi connectivity index (χ0v) is 40.4. The molecule has 5 N–H and O–H groups in total. The number of hydrogen-bond donors (Lipinski definition) is 5. The highest BCUT2D eigenvalue weighted by atomic mass is 16.7. The molecule has 4 aliphatic heterocycles. The first kappa shape index (κ1) is 43.9. The largest absolute Gasteiger partial charge is 0.393 e. The second-order valence-corrected chi connectivity index (χ2v) is 26.1. The molecule has 7 unspecified atom stereocenters. The Hall–Kier alpha value is -2.13. The molecular weight excluding hydrogens is 837 g/mol. The van der Waals surface area contributed by atoms with E-state index in [4.69, 9.17) is 28.9 Å². The number of aromatic nitrogens is 2. The smallest absolute Gasteiger partial charge is 0.201 e. The molecule has 66 heavy (non-hydrogen) atoms. The molecule has 0 aromatic carbocycles. The third kappa shape index (κ3) is 4.97. The van der Waals surface area contributed by atoms with E-state index in [0.29, 0.717) is 49.4 Å². The van der Waals surface area contributed by atoms with Gasteiger partial charge in [-0.1, -0.05) is 57.9 Å². The van der Waals surface area contributed by atoms with Gasteiger partial charge >= 0.3 is 0 Å². The summed E-state index contributed by atoms with van der Waals surface area (Å²) in [5.74, 6) is -1.19. The lowest BCUT2D eigenvalue weighted by atomic mass is 9.44. The number of aliphatic hydroxyl groups is 5. The van der Waals surface area contributed by atoms with Crippen LogP contribution < -0.4 is 0 Å². The molecule has 13 rings (SSSR count). The molecule has 1 aromatic rings. The summed E-state index contributed by atoms with van der Waals surface area (Å²) in [7, 11) is 0. The minimum Gasteiger partial charge on any atom is -0.393 e. The molecule has 0 radical (unpaired) electrons. The quantitative estimate of drug-likeness (QED) is 0.224. The van der Waals surface area contributed by atoms with E-state index in [2.05, 4.69) is 32.9 Å². The molecule has 12 aliphatic rings. The summed E-state index contributed by atoms with van der Waals surface area (Å²) in [6.45, 7) is 16.8. The molecular formula is C54H74N2O10. The van der Waals surface area contributed by atoms with E-state index >= 15 is 0 Å². The minimum atomic E-state index is -1.49. The van der Waals surface area contributed by atoms with E-state index in [9.17, 15) is 30.3 Å². The van der Waals surface area contributed by atoms with Crippen LogP contribution in [0.2, 0.25) is 0 Å². The molecule has 21 atom stereocenters. The Bertz CT molecular complexity index is 2390. The third-order valence-corrected chi connectivity index (χ3v) is 22.9. The zero-order valence-electron chi connectivity index (χ0n) is 40.4. The second-order valence-electron chi connectivity index (χ2n) is 26.1. The van der Waals surface area contributed by atoms with Crippen molar-refractivity contribution in [2.75, 3.05) is 13.2 Å². The maximum Gasteiger partial charge on any atom is 0.201 e. The number of carbonyl (C=O) groups is 1. The number of ketones is 1. The Morgan fingerprint density at radius 3 is 1.95 bits per heavy atom.